The molecule has 1 aliphatic carbocycles. The van der Waals surface area contributed by atoms with E-state index < -0.39 is 0 Å². The monoisotopic (exact) mass is 248 g/mol. The molecule has 3 N–H and O–H groups in total. The summed E-state index contributed by atoms with van der Waals surface area (Å²) in [6, 6.07) is 0.311. The second kappa shape index (κ2) is 4.57. The summed E-state index contributed by atoms with van der Waals surface area (Å²) in [5, 5.41) is 7.87. The number of aromatic amines is 1. The van der Waals surface area contributed by atoms with Gasteiger partial charge in [0.15, 0.2) is 5.82 Å². The SMILES string of the molecule is CC1CCc2c(N3CCCC(N)C3)n[nH]c2C1C. The van der Waals surface area contributed by atoms with Gasteiger partial charge in [-0.3, -0.25) is 5.10 Å². The molecule has 3 atom stereocenters. The van der Waals surface area contributed by atoms with Crippen LogP contribution in [-0.4, -0.2) is 29.3 Å². The Morgan fingerprint density at radius 2 is 2.17 bits per heavy atom. The molecule has 18 heavy (non-hydrogen) atoms. The van der Waals surface area contributed by atoms with Gasteiger partial charge in [-0.25, -0.2) is 0 Å². The molecule has 2 heterocycles. The van der Waals surface area contributed by atoms with E-state index in [0.29, 0.717) is 12.0 Å². The van der Waals surface area contributed by atoms with E-state index >= 15 is 0 Å². The zero-order valence-corrected chi connectivity index (χ0v) is 11.4. The molecule has 1 aromatic rings. The highest BCUT2D eigenvalue weighted by Gasteiger charge is 2.30. The minimum absolute atomic E-state index is 0.311. The highest BCUT2D eigenvalue weighted by Crippen LogP contribution is 2.38. The molecule has 1 fully saturated rings. The van der Waals surface area contributed by atoms with Crippen LogP contribution in [0.2, 0.25) is 0 Å². The normalized spacial score (nSPS) is 32.4. The van der Waals surface area contributed by atoms with Gasteiger partial charge in [0, 0.05) is 36.3 Å². The first-order valence-corrected chi connectivity index (χ1v) is 7.24. The van der Waals surface area contributed by atoms with Crippen LogP contribution in [0.25, 0.3) is 0 Å². The number of anilines is 1. The number of fused-ring (bicyclic) bond motifs is 1. The van der Waals surface area contributed by atoms with Gasteiger partial charge in [-0.1, -0.05) is 13.8 Å². The summed E-state index contributed by atoms with van der Waals surface area (Å²) in [7, 11) is 0. The van der Waals surface area contributed by atoms with Gasteiger partial charge in [0.2, 0.25) is 0 Å². The third-order valence-electron chi connectivity index (χ3n) is 4.79. The zero-order valence-electron chi connectivity index (χ0n) is 11.4. The first kappa shape index (κ1) is 12.0. The molecule has 4 nitrogen and oxygen atoms in total. The number of rotatable bonds is 1. The lowest BCUT2D eigenvalue weighted by Crippen LogP contribution is -2.43. The number of H-pyrrole nitrogens is 1. The number of nitrogens with zero attached hydrogens (tertiary/aromatic N) is 2. The van der Waals surface area contributed by atoms with E-state index in [4.69, 9.17) is 5.73 Å². The van der Waals surface area contributed by atoms with E-state index in [0.717, 1.165) is 25.4 Å². The molecule has 3 rings (SSSR count). The molecule has 2 aliphatic rings. The van der Waals surface area contributed by atoms with Gasteiger partial charge in [0.05, 0.1) is 0 Å². The van der Waals surface area contributed by atoms with E-state index in [1.165, 1.54) is 36.3 Å². The van der Waals surface area contributed by atoms with Crippen LogP contribution in [0.15, 0.2) is 0 Å². The van der Waals surface area contributed by atoms with E-state index in [1.807, 2.05) is 0 Å². The quantitative estimate of drug-likeness (QED) is 0.799. The molecule has 3 unspecified atom stereocenters. The fourth-order valence-corrected chi connectivity index (χ4v) is 3.36. The van der Waals surface area contributed by atoms with Crippen molar-refractivity contribution < 1.29 is 0 Å². The van der Waals surface area contributed by atoms with Crippen molar-refractivity contribution in [1.29, 1.82) is 0 Å². The van der Waals surface area contributed by atoms with Gasteiger partial charge >= 0.3 is 0 Å². The third kappa shape index (κ3) is 1.92. The number of hydrogen-bond donors (Lipinski definition) is 2. The topological polar surface area (TPSA) is 57.9 Å². The van der Waals surface area contributed by atoms with Gasteiger partial charge in [0.1, 0.15) is 0 Å². The molecule has 0 spiro atoms. The number of hydrogen-bond acceptors (Lipinski definition) is 3. The minimum atomic E-state index is 0.311. The Hall–Kier alpha value is -1.03. The molecule has 0 saturated carbocycles. The highest BCUT2D eigenvalue weighted by atomic mass is 15.3. The summed E-state index contributed by atoms with van der Waals surface area (Å²) in [6.07, 6.45) is 4.78. The predicted molar refractivity (Wildman–Crippen MR) is 73.9 cm³/mol. The van der Waals surface area contributed by atoms with Gasteiger partial charge in [-0.2, -0.15) is 5.10 Å². The maximum absolute atomic E-state index is 6.08. The molecule has 1 aliphatic heterocycles. The molecular formula is C14H24N4. The van der Waals surface area contributed by atoms with Crippen LogP contribution in [-0.2, 0) is 6.42 Å². The van der Waals surface area contributed by atoms with Crippen LogP contribution in [0.3, 0.4) is 0 Å². The lowest BCUT2D eigenvalue weighted by molar-refractivity contribution is 0.418. The van der Waals surface area contributed by atoms with Crippen molar-refractivity contribution in [3.8, 4) is 0 Å². The average Bonchev–Trinajstić information content (AvgIpc) is 2.78. The van der Waals surface area contributed by atoms with Crippen molar-refractivity contribution >= 4 is 5.82 Å². The maximum Gasteiger partial charge on any atom is 0.153 e. The first-order chi connectivity index (χ1) is 8.66. The lowest BCUT2D eigenvalue weighted by atomic mass is 9.80. The van der Waals surface area contributed by atoms with Gasteiger partial charge < -0.3 is 10.6 Å². The second-order valence-electron chi connectivity index (χ2n) is 6.09. The number of nitrogens with two attached hydrogens (primary N) is 1. The first-order valence-electron chi connectivity index (χ1n) is 7.24. The summed E-state index contributed by atoms with van der Waals surface area (Å²) in [5.74, 6) is 2.54. The Balaban J connectivity index is 1.88. The predicted octanol–water partition coefficient (Wildman–Crippen LogP) is 2.02. The van der Waals surface area contributed by atoms with Crippen molar-refractivity contribution in [2.75, 3.05) is 18.0 Å². The Labute approximate surface area is 109 Å². The molecule has 4 heteroatoms. The summed E-state index contributed by atoms with van der Waals surface area (Å²) >= 11 is 0. The molecule has 1 aromatic heterocycles. The van der Waals surface area contributed by atoms with Gasteiger partial charge in [0.25, 0.3) is 0 Å². The van der Waals surface area contributed by atoms with Crippen molar-refractivity contribution in [2.24, 2.45) is 11.7 Å². The van der Waals surface area contributed by atoms with E-state index in [9.17, 15) is 0 Å². The molecule has 0 aromatic carbocycles. The van der Waals surface area contributed by atoms with E-state index in [1.54, 1.807) is 0 Å². The van der Waals surface area contributed by atoms with Crippen LogP contribution in [0.4, 0.5) is 5.82 Å². The smallest absolute Gasteiger partial charge is 0.153 e. The summed E-state index contributed by atoms with van der Waals surface area (Å²) in [4.78, 5) is 2.38. The van der Waals surface area contributed by atoms with Crippen LogP contribution in [0.5, 0.6) is 0 Å². The summed E-state index contributed by atoms with van der Waals surface area (Å²) in [5.41, 5.74) is 8.89. The molecule has 100 valence electrons. The average molecular weight is 248 g/mol. The second-order valence-corrected chi connectivity index (χ2v) is 6.09. The molecule has 1 saturated heterocycles. The Morgan fingerprint density at radius 1 is 1.33 bits per heavy atom. The maximum atomic E-state index is 6.08. The molecular weight excluding hydrogens is 224 g/mol. The Kier molecular flexibility index (Phi) is 3.06. The number of nitrogens with one attached hydrogen (secondary N) is 1. The number of aromatic nitrogens is 2. The fraction of sp³-hybridized carbons (Fsp3) is 0.786. The van der Waals surface area contributed by atoms with Crippen molar-refractivity contribution in [1.82, 2.24) is 10.2 Å². The summed E-state index contributed by atoms with van der Waals surface area (Å²) < 4.78 is 0. The minimum Gasteiger partial charge on any atom is -0.353 e. The van der Waals surface area contributed by atoms with Gasteiger partial charge in [-0.15, -0.1) is 0 Å². The van der Waals surface area contributed by atoms with Crippen LogP contribution in [0.1, 0.15) is 50.3 Å². The molecule has 0 radical (unpaired) electrons. The number of piperidine rings is 1. The zero-order chi connectivity index (χ0) is 12.7. The largest absolute Gasteiger partial charge is 0.353 e. The van der Waals surface area contributed by atoms with Crippen molar-refractivity contribution in [3.05, 3.63) is 11.3 Å². The van der Waals surface area contributed by atoms with Crippen LogP contribution >= 0.6 is 0 Å². The standard InChI is InChI=1S/C14H24N4/c1-9-5-6-12-13(10(9)2)16-17-14(12)18-7-3-4-11(15)8-18/h9-11H,3-8,15H2,1-2H3,(H,16,17). The van der Waals surface area contributed by atoms with E-state index in [-0.39, 0.29) is 0 Å². The van der Waals surface area contributed by atoms with Crippen molar-refractivity contribution in [3.63, 3.8) is 0 Å². The van der Waals surface area contributed by atoms with E-state index in [2.05, 4.69) is 28.9 Å². The summed E-state index contributed by atoms with van der Waals surface area (Å²) in [6.45, 7) is 6.72. The van der Waals surface area contributed by atoms with Crippen LogP contribution in [0, 0.1) is 5.92 Å². The molecule has 0 bridgehead atoms. The Morgan fingerprint density at radius 3 is 2.94 bits per heavy atom. The third-order valence-corrected chi connectivity index (χ3v) is 4.79. The Bertz CT molecular complexity index is 425. The van der Waals surface area contributed by atoms with Gasteiger partial charge in [-0.05, 0) is 31.6 Å². The van der Waals surface area contributed by atoms with Crippen LogP contribution < -0.4 is 10.6 Å². The lowest BCUT2D eigenvalue weighted by Gasteiger charge is -2.33. The van der Waals surface area contributed by atoms with Crippen molar-refractivity contribution in [2.45, 2.75) is 51.5 Å². The molecule has 0 amide bonds. The highest BCUT2D eigenvalue weighted by molar-refractivity contribution is 5.51. The fourth-order valence-electron chi connectivity index (χ4n) is 3.36.